The van der Waals surface area contributed by atoms with Crippen molar-refractivity contribution < 1.29 is 32.5 Å². The van der Waals surface area contributed by atoms with Crippen molar-refractivity contribution >= 4 is 22.4 Å². The van der Waals surface area contributed by atoms with Crippen LogP contribution in [0.15, 0.2) is 41.3 Å². The van der Waals surface area contributed by atoms with Crippen molar-refractivity contribution in [2.24, 2.45) is 0 Å². The summed E-state index contributed by atoms with van der Waals surface area (Å²) in [5.74, 6) is -0.224. The number of hydrogen-bond donors (Lipinski definition) is 1. The zero-order chi connectivity index (χ0) is 26.9. The van der Waals surface area contributed by atoms with E-state index in [4.69, 9.17) is 25.8 Å². The van der Waals surface area contributed by atoms with E-state index in [2.05, 4.69) is 15.1 Å². The van der Waals surface area contributed by atoms with Gasteiger partial charge in [-0.1, -0.05) is 11.6 Å². The Morgan fingerprint density at radius 3 is 2.57 bits per heavy atom. The molecule has 37 heavy (non-hydrogen) atoms. The van der Waals surface area contributed by atoms with E-state index in [9.17, 15) is 23.1 Å². The molecule has 0 fully saturated rings. The van der Waals surface area contributed by atoms with Crippen molar-refractivity contribution in [3.8, 4) is 29.1 Å². The molecule has 0 aliphatic rings. The number of halogens is 4. The Balaban J connectivity index is 1.93. The molecule has 196 valence electrons. The zero-order valence-electron chi connectivity index (χ0n) is 19.8. The molecule has 3 aromatic heterocycles. The minimum absolute atomic E-state index is 0.0772. The predicted octanol–water partition coefficient (Wildman–Crippen LogP) is 4.27. The van der Waals surface area contributed by atoms with Gasteiger partial charge in [0.2, 0.25) is 17.6 Å². The van der Waals surface area contributed by atoms with Crippen LogP contribution in [0.2, 0.25) is 5.02 Å². The molecule has 0 spiro atoms. The van der Waals surface area contributed by atoms with E-state index < -0.39 is 24.6 Å². The highest BCUT2D eigenvalue weighted by Gasteiger charge is 2.38. The number of benzene rings is 1. The molecule has 1 aromatic carbocycles. The van der Waals surface area contributed by atoms with Gasteiger partial charge in [-0.3, -0.25) is 4.57 Å². The van der Waals surface area contributed by atoms with Gasteiger partial charge < -0.3 is 19.3 Å². The Hall–Kier alpha value is -3.84. The second kappa shape index (κ2) is 10.3. The minimum atomic E-state index is -4.69. The van der Waals surface area contributed by atoms with Crippen LogP contribution in [0.25, 0.3) is 16.5 Å². The summed E-state index contributed by atoms with van der Waals surface area (Å²) in [7, 11) is 1.40. The van der Waals surface area contributed by atoms with Crippen molar-refractivity contribution in [2.45, 2.75) is 39.3 Å². The number of aliphatic hydroxyl groups is 1. The number of pyridine rings is 2. The van der Waals surface area contributed by atoms with Gasteiger partial charge in [-0.05, 0) is 37.4 Å². The molecule has 1 N–H and O–H groups in total. The normalized spacial score (nSPS) is 12.5. The molecule has 0 saturated carbocycles. The lowest BCUT2D eigenvalue weighted by Gasteiger charge is -2.20. The molecule has 0 saturated heterocycles. The fourth-order valence-electron chi connectivity index (χ4n) is 3.51. The number of alkyl halides is 3. The average molecular weight is 540 g/mol. The maximum Gasteiger partial charge on any atom is 0.425 e. The Morgan fingerprint density at radius 2 is 1.95 bits per heavy atom. The van der Waals surface area contributed by atoms with Gasteiger partial charge in [0, 0.05) is 24.9 Å². The van der Waals surface area contributed by atoms with Crippen LogP contribution in [0.3, 0.4) is 0 Å². The van der Waals surface area contributed by atoms with Crippen LogP contribution in [-0.4, -0.2) is 48.8 Å². The van der Waals surface area contributed by atoms with Gasteiger partial charge in [-0.2, -0.15) is 22.8 Å². The van der Waals surface area contributed by atoms with E-state index >= 15 is 0 Å². The molecule has 14 heteroatoms. The molecule has 10 nitrogen and oxygen atoms in total. The number of methoxy groups -OCH3 is 1. The van der Waals surface area contributed by atoms with E-state index in [1.807, 2.05) is 0 Å². The van der Waals surface area contributed by atoms with Crippen molar-refractivity contribution in [1.82, 2.24) is 24.3 Å². The number of rotatable bonds is 8. The van der Waals surface area contributed by atoms with Crippen molar-refractivity contribution in [3.05, 3.63) is 57.9 Å². The maximum atomic E-state index is 13.4. The van der Waals surface area contributed by atoms with E-state index in [0.717, 1.165) is 11.6 Å². The highest BCUT2D eigenvalue weighted by molar-refractivity contribution is 6.31. The fourth-order valence-corrected chi connectivity index (χ4v) is 3.65. The molecule has 0 aliphatic heterocycles. The van der Waals surface area contributed by atoms with Crippen molar-refractivity contribution in [2.75, 3.05) is 7.11 Å². The van der Waals surface area contributed by atoms with Crippen LogP contribution in [0.1, 0.15) is 19.7 Å². The lowest BCUT2D eigenvalue weighted by Crippen LogP contribution is -2.31. The van der Waals surface area contributed by atoms with E-state index in [1.54, 1.807) is 6.92 Å². The molecular weight excluding hydrogens is 519 g/mol. The lowest BCUT2D eigenvalue weighted by atomic mass is 10.1. The molecule has 4 aromatic rings. The molecule has 0 unspecified atom stereocenters. The molecular formula is C23H21ClF3N5O5. The van der Waals surface area contributed by atoms with Crippen LogP contribution in [0, 0.1) is 0 Å². The fraction of sp³-hybridized carbons (Fsp3) is 0.304. The number of fused-ring (bicyclic) bond motifs is 1. The van der Waals surface area contributed by atoms with Crippen LogP contribution in [0.4, 0.5) is 13.2 Å². The lowest BCUT2D eigenvalue weighted by molar-refractivity contribution is -0.189. The summed E-state index contributed by atoms with van der Waals surface area (Å²) in [4.78, 5) is 21.1. The zero-order valence-corrected chi connectivity index (χ0v) is 20.5. The molecule has 0 radical (unpaired) electrons. The van der Waals surface area contributed by atoms with Gasteiger partial charge in [0.15, 0.2) is 11.9 Å². The highest BCUT2D eigenvalue weighted by Crippen LogP contribution is 2.39. The van der Waals surface area contributed by atoms with Crippen LogP contribution in [0.5, 0.6) is 23.4 Å². The Kier molecular flexibility index (Phi) is 7.28. The molecule has 1 atom stereocenters. The third-order valence-corrected chi connectivity index (χ3v) is 5.66. The quantitative estimate of drug-likeness (QED) is 0.353. The van der Waals surface area contributed by atoms with Gasteiger partial charge in [0.1, 0.15) is 17.4 Å². The summed E-state index contributed by atoms with van der Waals surface area (Å²) in [6.45, 7) is 2.26. The van der Waals surface area contributed by atoms with Crippen LogP contribution in [-0.2, 0) is 13.2 Å². The first-order valence-corrected chi connectivity index (χ1v) is 11.3. The number of nitrogens with zero attached hydrogens (tertiary/aromatic N) is 5. The third kappa shape index (κ3) is 5.18. The molecule has 0 aliphatic carbocycles. The SMILES string of the molecule is CCn1c(CO)nn(-c2cc(O[C@@H](C)C(F)(F)F)c3c(Oc4nc(OC)ccc4Cl)nccc3c2)c1=O. The minimum Gasteiger partial charge on any atom is -0.481 e. The number of ether oxygens (including phenoxy) is 3. The Labute approximate surface area is 212 Å². The summed E-state index contributed by atoms with van der Waals surface area (Å²) in [6.07, 6.45) is -5.54. The summed E-state index contributed by atoms with van der Waals surface area (Å²) < 4.78 is 58.7. The van der Waals surface area contributed by atoms with E-state index in [1.165, 1.54) is 48.2 Å². The predicted molar refractivity (Wildman–Crippen MR) is 127 cm³/mol. The smallest absolute Gasteiger partial charge is 0.425 e. The summed E-state index contributed by atoms with van der Waals surface area (Å²) in [5.41, 5.74) is -0.475. The first-order chi connectivity index (χ1) is 17.6. The van der Waals surface area contributed by atoms with E-state index in [0.29, 0.717) is 5.39 Å². The van der Waals surface area contributed by atoms with Gasteiger partial charge in [-0.25, -0.2) is 9.78 Å². The second-order valence-electron chi connectivity index (χ2n) is 7.72. The highest BCUT2D eigenvalue weighted by atomic mass is 35.5. The first-order valence-electron chi connectivity index (χ1n) is 10.9. The van der Waals surface area contributed by atoms with Gasteiger partial charge in [0.25, 0.3) is 0 Å². The topological polar surface area (TPSA) is 114 Å². The Bertz CT molecular complexity index is 1500. The Morgan fingerprint density at radius 1 is 1.19 bits per heavy atom. The number of aromatic nitrogens is 5. The van der Waals surface area contributed by atoms with Gasteiger partial charge in [0.05, 0.1) is 18.2 Å². The maximum absolute atomic E-state index is 13.4. The summed E-state index contributed by atoms with van der Waals surface area (Å²) in [6, 6.07) is 7.21. The standard InChI is InChI=1S/C23H21ClF3N5O5/c1-4-31-17(11-33)30-32(22(31)34)14-9-13-7-8-28-21(37-20-15(24)5-6-18(29-20)35-3)19(13)16(10-14)36-12(2)23(25,26)27/h5-10,12,33H,4,11H2,1-3H3/t12-/m0/s1. The van der Waals surface area contributed by atoms with Crippen molar-refractivity contribution in [3.63, 3.8) is 0 Å². The van der Waals surface area contributed by atoms with Gasteiger partial charge >= 0.3 is 11.9 Å². The number of hydrogen-bond acceptors (Lipinski definition) is 8. The summed E-state index contributed by atoms with van der Waals surface area (Å²) >= 11 is 6.19. The number of aliphatic hydroxyl groups excluding tert-OH is 1. The largest absolute Gasteiger partial charge is 0.481 e. The van der Waals surface area contributed by atoms with E-state index in [-0.39, 0.29) is 51.9 Å². The second-order valence-corrected chi connectivity index (χ2v) is 8.12. The molecule has 0 bridgehead atoms. The molecule has 4 rings (SSSR count). The molecule has 3 heterocycles. The van der Waals surface area contributed by atoms with Crippen LogP contribution < -0.4 is 19.9 Å². The monoisotopic (exact) mass is 539 g/mol. The first kappa shape index (κ1) is 26.2. The van der Waals surface area contributed by atoms with Crippen LogP contribution >= 0.6 is 11.6 Å². The summed E-state index contributed by atoms with van der Waals surface area (Å²) in [5, 5.41) is 14.2. The average Bonchev–Trinajstić information content (AvgIpc) is 3.19. The van der Waals surface area contributed by atoms with Crippen molar-refractivity contribution in [1.29, 1.82) is 0 Å². The molecule has 0 amide bonds. The third-order valence-electron chi connectivity index (χ3n) is 5.37. The van der Waals surface area contributed by atoms with Gasteiger partial charge in [-0.15, -0.1) is 5.10 Å².